The van der Waals surface area contributed by atoms with Crippen molar-refractivity contribution in [1.29, 1.82) is 0 Å². The van der Waals surface area contributed by atoms with Gasteiger partial charge in [-0.1, -0.05) is 13.8 Å². The second-order valence-electron chi connectivity index (χ2n) is 5.75. The third-order valence-corrected chi connectivity index (χ3v) is 2.95. The minimum Gasteiger partial charge on any atom is -0.377 e. The number of rotatable bonds is 20. The molecule has 0 heterocycles. The molecular formula is C19H39FN2O7. The predicted molar refractivity (Wildman–Crippen MR) is 108 cm³/mol. The van der Waals surface area contributed by atoms with Crippen molar-refractivity contribution >= 4 is 12.3 Å². The van der Waals surface area contributed by atoms with Gasteiger partial charge in [0.1, 0.15) is 12.8 Å². The molecule has 0 spiro atoms. The number of hydrogen-bond donors (Lipinski definition) is 2. The Morgan fingerprint density at radius 2 is 1.45 bits per heavy atom. The van der Waals surface area contributed by atoms with E-state index in [0.717, 1.165) is 0 Å². The summed E-state index contributed by atoms with van der Waals surface area (Å²) in [5, 5.41) is 4.93. The number of nitrogens with one attached hydrogen (secondary N) is 2. The number of amides is 2. The molecule has 1 atom stereocenters. The molecule has 0 aliphatic heterocycles. The number of halogens is 1. The SMILES string of the molecule is CC.CC(C)OCC(=O)NCCOCCOCCOCCOCC(F)CNC=O. The van der Waals surface area contributed by atoms with Crippen LogP contribution in [0.3, 0.4) is 0 Å². The fourth-order valence-corrected chi connectivity index (χ4v) is 1.66. The molecule has 0 bridgehead atoms. The van der Waals surface area contributed by atoms with Crippen LogP contribution in [-0.2, 0) is 33.3 Å². The quantitative estimate of drug-likeness (QED) is 0.218. The molecule has 29 heavy (non-hydrogen) atoms. The lowest BCUT2D eigenvalue weighted by atomic mass is 10.4. The van der Waals surface area contributed by atoms with Crippen molar-refractivity contribution < 1.29 is 37.7 Å². The summed E-state index contributed by atoms with van der Waals surface area (Å²) in [4.78, 5) is 21.3. The zero-order valence-corrected chi connectivity index (χ0v) is 18.2. The first-order chi connectivity index (χ1) is 14.1. The molecule has 0 saturated heterocycles. The molecule has 2 N–H and O–H groups in total. The summed E-state index contributed by atoms with van der Waals surface area (Å²) in [6.45, 7) is 10.8. The molecule has 0 aromatic heterocycles. The Labute approximate surface area is 173 Å². The van der Waals surface area contributed by atoms with E-state index in [2.05, 4.69) is 10.6 Å². The Morgan fingerprint density at radius 3 is 1.97 bits per heavy atom. The molecule has 0 radical (unpaired) electrons. The molecule has 0 rings (SSSR count). The van der Waals surface area contributed by atoms with Crippen molar-refractivity contribution in [3.63, 3.8) is 0 Å². The molecule has 0 aliphatic carbocycles. The van der Waals surface area contributed by atoms with Gasteiger partial charge in [0.25, 0.3) is 0 Å². The summed E-state index contributed by atoms with van der Waals surface area (Å²) in [6, 6.07) is 0. The zero-order valence-electron chi connectivity index (χ0n) is 18.2. The van der Waals surface area contributed by atoms with E-state index >= 15 is 0 Å². The van der Waals surface area contributed by atoms with E-state index in [4.69, 9.17) is 23.7 Å². The van der Waals surface area contributed by atoms with Gasteiger partial charge in [-0.3, -0.25) is 9.59 Å². The van der Waals surface area contributed by atoms with E-state index in [9.17, 15) is 14.0 Å². The van der Waals surface area contributed by atoms with Gasteiger partial charge in [-0.25, -0.2) is 4.39 Å². The Morgan fingerprint density at radius 1 is 0.931 bits per heavy atom. The molecule has 174 valence electrons. The van der Waals surface area contributed by atoms with Gasteiger partial charge in [-0.15, -0.1) is 0 Å². The summed E-state index contributed by atoms with van der Waals surface area (Å²) in [7, 11) is 0. The lowest BCUT2D eigenvalue weighted by Crippen LogP contribution is -2.31. The van der Waals surface area contributed by atoms with Crippen molar-refractivity contribution in [3.05, 3.63) is 0 Å². The van der Waals surface area contributed by atoms with Crippen LogP contribution in [-0.4, -0.2) is 97.1 Å². The summed E-state index contributed by atoms with van der Waals surface area (Å²) in [5.41, 5.74) is 0. The smallest absolute Gasteiger partial charge is 0.246 e. The van der Waals surface area contributed by atoms with Crippen molar-refractivity contribution in [1.82, 2.24) is 10.6 Å². The highest BCUT2D eigenvalue weighted by molar-refractivity contribution is 5.77. The number of ether oxygens (including phenoxy) is 5. The lowest BCUT2D eigenvalue weighted by molar-refractivity contribution is -0.127. The van der Waals surface area contributed by atoms with E-state index in [1.165, 1.54) is 0 Å². The van der Waals surface area contributed by atoms with Crippen molar-refractivity contribution in [2.45, 2.75) is 40.0 Å². The van der Waals surface area contributed by atoms with Gasteiger partial charge >= 0.3 is 0 Å². The third-order valence-electron chi connectivity index (χ3n) is 2.95. The number of hydrogen-bond acceptors (Lipinski definition) is 7. The molecule has 0 aromatic rings. The topological polar surface area (TPSA) is 104 Å². The van der Waals surface area contributed by atoms with E-state index in [1.807, 2.05) is 27.7 Å². The van der Waals surface area contributed by atoms with Crippen LogP contribution in [0.2, 0.25) is 0 Å². The van der Waals surface area contributed by atoms with Gasteiger partial charge in [0.2, 0.25) is 12.3 Å². The average Bonchev–Trinajstić information content (AvgIpc) is 2.72. The highest BCUT2D eigenvalue weighted by atomic mass is 19.1. The monoisotopic (exact) mass is 426 g/mol. The van der Waals surface area contributed by atoms with Gasteiger partial charge in [0, 0.05) is 6.54 Å². The first-order valence-electron chi connectivity index (χ1n) is 10.1. The van der Waals surface area contributed by atoms with Crippen LogP contribution in [0.4, 0.5) is 4.39 Å². The minimum absolute atomic E-state index is 0.0277. The molecule has 0 aliphatic rings. The standard InChI is InChI=1S/C17H33FN2O7.C2H6/c1-15(2)27-13-17(22)20-3-4-23-5-6-24-7-8-25-9-10-26-12-16(18)11-19-14-21;1-2/h14-16H,3-13H2,1-2H3,(H,19,21)(H,20,22);1-2H3. The molecular weight excluding hydrogens is 387 g/mol. The fraction of sp³-hybridized carbons (Fsp3) is 0.895. The second kappa shape index (κ2) is 24.7. The third kappa shape index (κ3) is 26.7. The molecule has 0 saturated carbocycles. The number of alkyl halides is 1. The molecule has 1 unspecified atom stereocenters. The maximum atomic E-state index is 13.1. The van der Waals surface area contributed by atoms with Crippen LogP contribution >= 0.6 is 0 Å². The van der Waals surface area contributed by atoms with Gasteiger partial charge in [0.05, 0.1) is 65.5 Å². The van der Waals surface area contributed by atoms with Crippen molar-refractivity contribution in [3.8, 4) is 0 Å². The van der Waals surface area contributed by atoms with Gasteiger partial charge < -0.3 is 34.3 Å². The Hall–Kier alpha value is -1.33. The highest BCUT2D eigenvalue weighted by Gasteiger charge is 2.05. The van der Waals surface area contributed by atoms with Gasteiger partial charge in [0.15, 0.2) is 0 Å². The molecule has 2 amide bonds. The summed E-state index contributed by atoms with van der Waals surface area (Å²) in [6.07, 6.45) is -0.747. The minimum atomic E-state index is -1.22. The van der Waals surface area contributed by atoms with E-state index in [-0.39, 0.29) is 38.4 Å². The van der Waals surface area contributed by atoms with Crippen LogP contribution in [0.5, 0.6) is 0 Å². The Kier molecular flexibility index (Phi) is 25.4. The summed E-state index contributed by atoms with van der Waals surface area (Å²) >= 11 is 0. The highest BCUT2D eigenvalue weighted by Crippen LogP contribution is 1.90. The lowest BCUT2D eigenvalue weighted by Gasteiger charge is -2.10. The predicted octanol–water partition coefficient (Wildman–Crippen LogP) is 0.704. The van der Waals surface area contributed by atoms with Crippen LogP contribution in [0.15, 0.2) is 0 Å². The Balaban J connectivity index is 0. The van der Waals surface area contributed by atoms with Crippen LogP contribution < -0.4 is 10.6 Å². The van der Waals surface area contributed by atoms with Gasteiger partial charge in [-0.05, 0) is 13.8 Å². The Bertz CT molecular complexity index is 363. The number of carbonyl (C=O) groups is 2. The summed E-state index contributed by atoms with van der Waals surface area (Å²) in [5.74, 6) is -0.163. The maximum Gasteiger partial charge on any atom is 0.246 e. The van der Waals surface area contributed by atoms with E-state index < -0.39 is 6.17 Å². The van der Waals surface area contributed by atoms with Crippen LogP contribution in [0.1, 0.15) is 27.7 Å². The largest absolute Gasteiger partial charge is 0.377 e. The first-order valence-corrected chi connectivity index (χ1v) is 10.1. The normalized spacial score (nSPS) is 11.5. The molecule has 0 fully saturated rings. The molecule has 10 heteroatoms. The zero-order chi connectivity index (χ0) is 22.2. The van der Waals surface area contributed by atoms with Crippen LogP contribution in [0.25, 0.3) is 0 Å². The van der Waals surface area contributed by atoms with Gasteiger partial charge in [-0.2, -0.15) is 0 Å². The number of carbonyl (C=O) groups excluding carboxylic acids is 2. The summed E-state index contributed by atoms with van der Waals surface area (Å²) < 4.78 is 39.2. The van der Waals surface area contributed by atoms with Crippen LogP contribution in [0, 0.1) is 0 Å². The van der Waals surface area contributed by atoms with E-state index in [0.29, 0.717) is 52.6 Å². The fourth-order valence-electron chi connectivity index (χ4n) is 1.66. The maximum absolute atomic E-state index is 13.1. The second-order valence-corrected chi connectivity index (χ2v) is 5.75. The van der Waals surface area contributed by atoms with Crippen molar-refractivity contribution in [2.24, 2.45) is 0 Å². The average molecular weight is 427 g/mol. The molecule has 9 nitrogen and oxygen atoms in total. The molecule has 0 aromatic carbocycles. The van der Waals surface area contributed by atoms with E-state index in [1.54, 1.807) is 0 Å². The first kappa shape index (κ1) is 29.9. The van der Waals surface area contributed by atoms with Crippen molar-refractivity contribution in [2.75, 3.05) is 72.6 Å².